The van der Waals surface area contributed by atoms with Gasteiger partial charge in [0.2, 0.25) is 0 Å². The second kappa shape index (κ2) is 3.29. The molecular weight excluding hydrogens is 172 g/mol. The predicted octanol–water partition coefficient (Wildman–Crippen LogP) is -0.247. The number of aliphatic hydroxyl groups is 1. The number of aromatic amines is 1. The molecule has 13 heavy (non-hydrogen) atoms. The van der Waals surface area contributed by atoms with Gasteiger partial charge in [-0.25, -0.2) is 0 Å². The summed E-state index contributed by atoms with van der Waals surface area (Å²) in [5, 5.41) is 26.6. The number of nitrogens with zero attached hydrogens (tertiary/aromatic N) is 1. The monoisotopic (exact) mass is 180 g/mol. The molecule has 0 atom stereocenters. The highest BCUT2D eigenvalue weighted by molar-refractivity contribution is 5.43. The minimum atomic E-state index is -0.644. The quantitative estimate of drug-likeness (QED) is 0.555. The lowest BCUT2D eigenvalue weighted by Gasteiger charge is -2.05. The van der Waals surface area contributed by atoms with Crippen molar-refractivity contribution in [3.8, 4) is 11.9 Å². The maximum absolute atomic E-state index is 11.0. The molecule has 5 heteroatoms. The molecule has 1 rings (SSSR count). The van der Waals surface area contributed by atoms with Gasteiger partial charge in [-0.3, -0.25) is 9.78 Å². The Labute approximate surface area is 73.9 Å². The van der Waals surface area contributed by atoms with E-state index in [2.05, 4.69) is 4.98 Å². The van der Waals surface area contributed by atoms with Gasteiger partial charge in [0.25, 0.3) is 5.56 Å². The molecule has 0 aliphatic rings. The summed E-state index contributed by atoms with van der Waals surface area (Å²) in [6.07, 6.45) is 0. The molecule has 1 heterocycles. The van der Waals surface area contributed by atoms with Crippen molar-refractivity contribution in [1.29, 1.82) is 5.26 Å². The van der Waals surface area contributed by atoms with Crippen LogP contribution in [-0.2, 0) is 6.61 Å². The summed E-state index contributed by atoms with van der Waals surface area (Å²) in [6.45, 7) is 1.09. The first-order chi connectivity index (χ1) is 6.11. The van der Waals surface area contributed by atoms with Crippen molar-refractivity contribution in [3.63, 3.8) is 0 Å². The zero-order valence-electron chi connectivity index (χ0n) is 6.96. The topological polar surface area (TPSA) is 97.1 Å². The van der Waals surface area contributed by atoms with E-state index in [-0.39, 0.29) is 17.0 Å². The van der Waals surface area contributed by atoms with Crippen molar-refractivity contribution in [2.24, 2.45) is 0 Å². The molecule has 68 valence electrons. The Morgan fingerprint density at radius 2 is 2.23 bits per heavy atom. The van der Waals surface area contributed by atoms with Gasteiger partial charge < -0.3 is 10.2 Å². The van der Waals surface area contributed by atoms with Gasteiger partial charge in [0.15, 0.2) is 5.88 Å². The molecule has 1 aromatic rings. The molecule has 0 unspecified atom stereocenters. The third-order valence-corrected chi connectivity index (χ3v) is 1.84. The maximum Gasteiger partial charge on any atom is 0.268 e. The molecule has 0 saturated carbocycles. The third-order valence-electron chi connectivity index (χ3n) is 1.84. The largest absolute Gasteiger partial charge is 0.494 e. The average Bonchev–Trinajstić information content (AvgIpc) is 2.04. The molecule has 3 N–H and O–H groups in total. The number of pyridine rings is 1. The molecule has 0 spiro atoms. The van der Waals surface area contributed by atoms with Crippen molar-refractivity contribution in [3.05, 3.63) is 27.0 Å². The fraction of sp³-hybridized carbons (Fsp3) is 0.250. The zero-order chi connectivity index (χ0) is 10.0. The summed E-state index contributed by atoms with van der Waals surface area (Å²) in [6, 6.07) is 1.70. The number of aliphatic hydroxyl groups excluding tert-OH is 1. The Hall–Kier alpha value is -1.80. The van der Waals surface area contributed by atoms with Gasteiger partial charge in [0.05, 0.1) is 6.61 Å². The smallest absolute Gasteiger partial charge is 0.268 e. The van der Waals surface area contributed by atoms with Gasteiger partial charge in [0, 0.05) is 5.56 Å². The van der Waals surface area contributed by atoms with Crippen LogP contribution < -0.4 is 5.56 Å². The highest BCUT2D eigenvalue weighted by atomic mass is 16.3. The van der Waals surface area contributed by atoms with Crippen molar-refractivity contribution in [2.75, 3.05) is 0 Å². The van der Waals surface area contributed by atoms with Crippen LogP contribution in [0, 0.1) is 18.3 Å². The van der Waals surface area contributed by atoms with Crippen LogP contribution in [0.3, 0.4) is 0 Å². The molecule has 0 radical (unpaired) electrons. The Bertz CT molecular complexity index is 428. The number of aromatic nitrogens is 1. The van der Waals surface area contributed by atoms with Crippen molar-refractivity contribution in [1.82, 2.24) is 4.98 Å². The Morgan fingerprint density at radius 3 is 2.69 bits per heavy atom. The molecule has 0 aromatic carbocycles. The maximum atomic E-state index is 11.0. The highest BCUT2D eigenvalue weighted by Crippen LogP contribution is 2.17. The van der Waals surface area contributed by atoms with Crippen LogP contribution in [0.2, 0.25) is 0 Å². The average molecular weight is 180 g/mol. The molecule has 0 amide bonds. The number of rotatable bonds is 1. The minimum Gasteiger partial charge on any atom is -0.494 e. The van der Waals surface area contributed by atoms with E-state index in [9.17, 15) is 4.79 Å². The van der Waals surface area contributed by atoms with Gasteiger partial charge in [-0.15, -0.1) is 0 Å². The van der Waals surface area contributed by atoms with Gasteiger partial charge in [-0.2, -0.15) is 5.26 Å². The van der Waals surface area contributed by atoms with E-state index in [4.69, 9.17) is 15.5 Å². The lowest BCUT2D eigenvalue weighted by Crippen LogP contribution is -2.14. The number of nitrogens with one attached hydrogen (secondary N) is 1. The molecule has 0 aliphatic carbocycles. The number of hydrogen-bond acceptors (Lipinski definition) is 4. The van der Waals surface area contributed by atoms with Gasteiger partial charge >= 0.3 is 0 Å². The van der Waals surface area contributed by atoms with Crippen LogP contribution in [0.25, 0.3) is 0 Å². The standard InChI is InChI=1S/C8H8N2O3/c1-4-5(2-9)7(12)10-8(13)6(4)3-11/h11H,3H2,1H3,(H2,10,12,13). The third kappa shape index (κ3) is 1.39. The van der Waals surface area contributed by atoms with E-state index in [0.29, 0.717) is 5.56 Å². The first-order valence-electron chi connectivity index (χ1n) is 3.57. The van der Waals surface area contributed by atoms with Gasteiger partial charge in [-0.1, -0.05) is 0 Å². The van der Waals surface area contributed by atoms with Gasteiger partial charge in [-0.05, 0) is 12.5 Å². The summed E-state index contributed by atoms with van der Waals surface area (Å²) in [5.41, 5.74) is -0.237. The fourth-order valence-corrected chi connectivity index (χ4v) is 1.07. The molecule has 1 aromatic heterocycles. The molecule has 0 fully saturated rings. The van der Waals surface area contributed by atoms with Crippen LogP contribution in [0.15, 0.2) is 4.79 Å². The molecule has 0 saturated heterocycles. The zero-order valence-corrected chi connectivity index (χ0v) is 6.96. The van der Waals surface area contributed by atoms with E-state index < -0.39 is 12.2 Å². The van der Waals surface area contributed by atoms with Crippen LogP contribution in [0.5, 0.6) is 5.88 Å². The second-order valence-electron chi connectivity index (χ2n) is 2.55. The Morgan fingerprint density at radius 1 is 1.62 bits per heavy atom. The Balaban J connectivity index is 3.60. The normalized spacial score (nSPS) is 9.62. The van der Waals surface area contributed by atoms with Crippen LogP contribution in [-0.4, -0.2) is 15.2 Å². The fourth-order valence-electron chi connectivity index (χ4n) is 1.07. The van der Waals surface area contributed by atoms with E-state index in [0.717, 1.165) is 0 Å². The highest BCUT2D eigenvalue weighted by Gasteiger charge is 2.12. The van der Waals surface area contributed by atoms with Crippen LogP contribution in [0.1, 0.15) is 16.7 Å². The van der Waals surface area contributed by atoms with E-state index >= 15 is 0 Å². The molecule has 5 nitrogen and oxygen atoms in total. The van der Waals surface area contributed by atoms with Crippen LogP contribution in [0.4, 0.5) is 0 Å². The molecule has 0 aliphatic heterocycles. The Kier molecular flexibility index (Phi) is 2.35. The van der Waals surface area contributed by atoms with Crippen molar-refractivity contribution in [2.45, 2.75) is 13.5 Å². The summed E-state index contributed by atoms with van der Waals surface area (Å²) in [7, 11) is 0. The predicted molar refractivity (Wildman–Crippen MR) is 44.1 cm³/mol. The number of H-pyrrole nitrogens is 1. The second-order valence-corrected chi connectivity index (χ2v) is 2.55. The van der Waals surface area contributed by atoms with Gasteiger partial charge in [0.1, 0.15) is 11.6 Å². The van der Waals surface area contributed by atoms with E-state index in [1.807, 2.05) is 0 Å². The number of aromatic hydroxyl groups is 1. The summed E-state index contributed by atoms with van der Waals surface area (Å²) in [5.74, 6) is -0.385. The lowest BCUT2D eigenvalue weighted by atomic mass is 10.1. The molecular formula is C8H8N2O3. The van der Waals surface area contributed by atoms with Crippen molar-refractivity contribution < 1.29 is 10.2 Å². The minimum absolute atomic E-state index is 0.0816. The summed E-state index contributed by atoms with van der Waals surface area (Å²) in [4.78, 5) is 13.1. The summed E-state index contributed by atoms with van der Waals surface area (Å²) >= 11 is 0. The first kappa shape index (κ1) is 9.29. The van der Waals surface area contributed by atoms with E-state index in [1.54, 1.807) is 6.07 Å². The molecule has 0 bridgehead atoms. The SMILES string of the molecule is Cc1c(CO)c(O)[nH]c(=O)c1C#N. The number of nitriles is 1. The first-order valence-corrected chi connectivity index (χ1v) is 3.57. The summed E-state index contributed by atoms with van der Waals surface area (Å²) < 4.78 is 0. The van der Waals surface area contributed by atoms with E-state index in [1.165, 1.54) is 6.92 Å². The van der Waals surface area contributed by atoms with Crippen LogP contribution >= 0.6 is 0 Å². The number of hydrogen-bond donors (Lipinski definition) is 3. The van der Waals surface area contributed by atoms with Crippen molar-refractivity contribution >= 4 is 0 Å². The lowest BCUT2D eigenvalue weighted by molar-refractivity contribution is 0.272.